The molecule has 0 aliphatic carbocycles. The van der Waals surface area contributed by atoms with Crippen molar-refractivity contribution in [2.45, 2.75) is 6.92 Å². The van der Waals surface area contributed by atoms with E-state index in [-0.39, 0.29) is 16.5 Å². The molecule has 5 rings (SSSR count). The van der Waals surface area contributed by atoms with Crippen LogP contribution in [-0.2, 0) is 9.63 Å². The lowest BCUT2D eigenvalue weighted by Gasteiger charge is -2.14. The van der Waals surface area contributed by atoms with E-state index in [1.54, 1.807) is 17.5 Å². The summed E-state index contributed by atoms with van der Waals surface area (Å²) in [5.41, 5.74) is 5.65. The van der Waals surface area contributed by atoms with Gasteiger partial charge in [0.25, 0.3) is 5.69 Å². The van der Waals surface area contributed by atoms with Crippen LogP contribution >= 0.6 is 11.3 Å². The number of benzene rings is 2. The van der Waals surface area contributed by atoms with Crippen molar-refractivity contribution in [3.8, 4) is 23.0 Å². The highest BCUT2D eigenvalue weighted by atomic mass is 32.1. The fourth-order valence-corrected chi connectivity index (χ4v) is 3.66. The number of hydrazine groups is 1. The summed E-state index contributed by atoms with van der Waals surface area (Å²) in [4.78, 5) is 21.3. The molecule has 0 spiro atoms. The zero-order valence-electron chi connectivity index (χ0n) is 17.1. The minimum absolute atomic E-state index is 0.155. The minimum Gasteiger partial charge on any atom is -0.539 e. The quantitative estimate of drug-likeness (QED) is 0.273. The van der Waals surface area contributed by atoms with E-state index >= 15 is 0 Å². The fourth-order valence-electron chi connectivity index (χ4n) is 3.03. The Balaban J connectivity index is 1.39. The van der Waals surface area contributed by atoms with Crippen LogP contribution < -0.4 is 20.4 Å². The highest BCUT2D eigenvalue weighted by Gasteiger charge is 2.29. The number of hydrogen-bond acceptors (Lipinski definition) is 11. The summed E-state index contributed by atoms with van der Waals surface area (Å²) < 4.78 is 6.20. The van der Waals surface area contributed by atoms with Crippen LogP contribution in [0.25, 0.3) is 17.1 Å². The van der Waals surface area contributed by atoms with Crippen molar-refractivity contribution in [3.63, 3.8) is 0 Å². The molecule has 0 amide bonds. The third-order valence-corrected chi connectivity index (χ3v) is 5.37. The summed E-state index contributed by atoms with van der Waals surface area (Å²) in [6.07, 6.45) is 1.27. The van der Waals surface area contributed by atoms with E-state index in [1.165, 1.54) is 27.2 Å². The van der Waals surface area contributed by atoms with Crippen LogP contribution in [0.15, 0.2) is 86.6 Å². The van der Waals surface area contributed by atoms with Gasteiger partial charge in [-0.15, -0.1) is 16.5 Å². The molecule has 0 radical (unpaired) electrons. The molecule has 2 aromatic heterocycles. The molecule has 164 valence electrons. The molecule has 11 nitrogen and oxygen atoms in total. The molecule has 0 saturated carbocycles. The zero-order valence-corrected chi connectivity index (χ0v) is 17.9. The Bertz CT molecular complexity index is 1360. The molecule has 0 atom stereocenters. The largest absolute Gasteiger partial charge is 0.539 e. The average molecular weight is 461 g/mol. The van der Waals surface area contributed by atoms with Gasteiger partial charge in [0.2, 0.25) is 10.8 Å². The predicted octanol–water partition coefficient (Wildman–Crippen LogP) is 2.86. The maximum Gasteiger partial charge on any atom is 0.378 e. The van der Waals surface area contributed by atoms with Crippen LogP contribution in [0.4, 0.5) is 10.8 Å². The number of azo groups is 1. The van der Waals surface area contributed by atoms with E-state index in [2.05, 4.69) is 26.1 Å². The summed E-state index contributed by atoms with van der Waals surface area (Å²) in [5.74, 6) is -1.22. The van der Waals surface area contributed by atoms with Crippen LogP contribution in [0.1, 0.15) is 5.56 Å². The van der Waals surface area contributed by atoms with Crippen molar-refractivity contribution < 1.29 is 23.9 Å². The Labute approximate surface area is 190 Å². The second-order valence-corrected chi connectivity index (χ2v) is 7.69. The lowest BCUT2D eigenvalue weighted by atomic mass is 10.2. The second kappa shape index (κ2) is 8.61. The van der Waals surface area contributed by atoms with Gasteiger partial charge >= 0.3 is 5.97 Å². The number of anilines is 1. The van der Waals surface area contributed by atoms with E-state index in [4.69, 9.17) is 9.36 Å². The van der Waals surface area contributed by atoms with E-state index < -0.39 is 11.9 Å². The fraction of sp³-hybridized carbons (Fsp3) is 0.0476. The lowest BCUT2D eigenvalue weighted by molar-refractivity contribution is -0.660. The van der Waals surface area contributed by atoms with Gasteiger partial charge in [0.1, 0.15) is 0 Å². The van der Waals surface area contributed by atoms with Crippen molar-refractivity contribution in [1.82, 2.24) is 15.8 Å². The monoisotopic (exact) mass is 461 g/mol. The molecule has 1 saturated heterocycles. The molecule has 0 unspecified atom stereocenters. The van der Waals surface area contributed by atoms with Gasteiger partial charge in [-0.1, -0.05) is 41.5 Å². The Kier molecular flexibility index (Phi) is 5.34. The van der Waals surface area contributed by atoms with Gasteiger partial charge in [0.05, 0.1) is 17.2 Å². The number of aryl methyl sites for hydroxylation is 1. The molecule has 12 heteroatoms. The molecule has 1 aliphatic rings. The normalized spacial score (nSPS) is 15.0. The van der Waals surface area contributed by atoms with Crippen LogP contribution in [0.5, 0.6) is 5.95 Å². The van der Waals surface area contributed by atoms with Gasteiger partial charge in [-0.25, -0.2) is 14.8 Å². The number of hydrogen-bond donors (Lipinski definition) is 1. The maximum atomic E-state index is 12.2. The van der Waals surface area contributed by atoms with Gasteiger partial charge in [-0.05, 0) is 23.7 Å². The summed E-state index contributed by atoms with van der Waals surface area (Å²) in [6.45, 7) is 1.97. The first-order valence-electron chi connectivity index (χ1n) is 9.65. The number of nitrogens with one attached hydrogen (secondary N) is 1. The SMILES string of the molecule is Cc1ccc(N2NOC(=O)/C2=C\N=Nc2nc(-c3c([O-])on[n+]3-c3ccccc3)cs2)cc1. The van der Waals surface area contributed by atoms with E-state index in [0.717, 1.165) is 5.56 Å². The van der Waals surface area contributed by atoms with Crippen LogP contribution in [0.2, 0.25) is 0 Å². The zero-order chi connectivity index (χ0) is 22.8. The summed E-state index contributed by atoms with van der Waals surface area (Å²) in [6, 6.07) is 16.6. The van der Waals surface area contributed by atoms with Crippen molar-refractivity contribution >= 4 is 28.1 Å². The molecule has 1 N–H and O–H groups in total. The van der Waals surface area contributed by atoms with E-state index in [0.29, 0.717) is 17.1 Å². The lowest BCUT2D eigenvalue weighted by Crippen LogP contribution is -2.34. The van der Waals surface area contributed by atoms with Gasteiger partial charge in [0, 0.05) is 17.5 Å². The molecule has 33 heavy (non-hydrogen) atoms. The van der Waals surface area contributed by atoms with Gasteiger partial charge in [0.15, 0.2) is 17.3 Å². The van der Waals surface area contributed by atoms with Crippen LogP contribution in [-0.4, -0.2) is 16.2 Å². The summed E-state index contributed by atoms with van der Waals surface area (Å²) in [5, 5.41) is 27.4. The number of nitrogens with zero attached hydrogens (tertiary/aromatic N) is 6. The first-order valence-corrected chi connectivity index (χ1v) is 10.5. The van der Waals surface area contributed by atoms with E-state index in [9.17, 15) is 9.90 Å². The topological polar surface area (TPSA) is 132 Å². The van der Waals surface area contributed by atoms with Gasteiger partial charge in [-0.2, -0.15) is 5.11 Å². The van der Waals surface area contributed by atoms with E-state index in [1.807, 2.05) is 49.4 Å². The smallest absolute Gasteiger partial charge is 0.378 e. The number of rotatable bonds is 5. The number of thiazole rings is 1. The highest BCUT2D eigenvalue weighted by molar-refractivity contribution is 7.13. The predicted molar refractivity (Wildman–Crippen MR) is 114 cm³/mol. The molecular weight excluding hydrogens is 446 g/mol. The third-order valence-electron chi connectivity index (χ3n) is 4.64. The first-order chi connectivity index (χ1) is 16.1. The molecule has 1 aliphatic heterocycles. The maximum absolute atomic E-state index is 12.2. The summed E-state index contributed by atoms with van der Waals surface area (Å²) in [7, 11) is 0. The average Bonchev–Trinajstić information content (AvgIpc) is 3.54. The van der Waals surface area contributed by atoms with Gasteiger partial charge in [-0.3, -0.25) is 0 Å². The minimum atomic E-state index is -0.622. The Morgan fingerprint density at radius 2 is 1.97 bits per heavy atom. The van der Waals surface area contributed by atoms with Crippen molar-refractivity contribution in [2.75, 3.05) is 5.01 Å². The Morgan fingerprint density at radius 3 is 2.76 bits per heavy atom. The Hall–Kier alpha value is -4.42. The summed E-state index contributed by atoms with van der Waals surface area (Å²) >= 11 is 1.17. The number of carbonyl (C=O) groups excluding carboxylic acids is 1. The standard InChI is InChI=1S/C21H15N7O4S/c1-13-7-9-15(10-8-13)27-17(19(29)31-25-27)11-22-24-21-23-16(12-33-21)18-20(30)32-26-28(18)14-5-3-2-4-6-14/h2-12,25H,1H3/b17-11+,24-22?. The van der Waals surface area contributed by atoms with Crippen molar-refractivity contribution in [3.05, 3.63) is 77.4 Å². The molecule has 2 aromatic carbocycles. The first kappa shape index (κ1) is 20.5. The number of aromatic nitrogens is 3. The third kappa shape index (κ3) is 4.07. The number of para-hydroxylation sites is 1. The molecule has 4 aromatic rings. The van der Waals surface area contributed by atoms with Crippen LogP contribution in [0, 0.1) is 6.92 Å². The molecule has 1 fully saturated rings. The van der Waals surface area contributed by atoms with Crippen molar-refractivity contribution in [1.29, 1.82) is 0 Å². The second-order valence-electron chi connectivity index (χ2n) is 6.85. The molecular formula is C21H15N7O4S. The molecule has 0 bridgehead atoms. The van der Waals surface area contributed by atoms with Crippen LogP contribution in [0.3, 0.4) is 0 Å². The van der Waals surface area contributed by atoms with Crippen molar-refractivity contribution in [2.24, 2.45) is 10.2 Å². The molecule has 3 heterocycles. The highest BCUT2D eigenvalue weighted by Crippen LogP contribution is 2.30. The number of carbonyl (C=O) groups is 1. The Morgan fingerprint density at radius 1 is 1.18 bits per heavy atom. The van der Waals surface area contributed by atoms with Gasteiger partial charge < -0.3 is 14.5 Å².